The standard InChI is InChI=1S/C26H21N5O2S/c1-2-15-30(19-11-4-3-5-12-19)23(32)17-34-26-28-24-21(16-27-29-24)25(33)31(26)22-14-8-10-18-9-6-7-13-20(18)22/h2-14,16H,1,15,17H2,(H,27,29). The van der Waals surface area contributed by atoms with Crippen LogP contribution in [0.5, 0.6) is 0 Å². The van der Waals surface area contributed by atoms with Crippen LogP contribution in [0, 0.1) is 0 Å². The highest BCUT2D eigenvalue weighted by Crippen LogP contribution is 2.27. The van der Waals surface area contributed by atoms with Gasteiger partial charge in [0.1, 0.15) is 5.39 Å². The average Bonchev–Trinajstić information content (AvgIpc) is 3.35. The molecule has 2 heterocycles. The van der Waals surface area contributed by atoms with Gasteiger partial charge in [-0.3, -0.25) is 19.3 Å². The Labute approximate surface area is 199 Å². The SMILES string of the molecule is C=CCN(C(=O)CSc1nc2[nH]ncc2c(=O)n1-c1cccc2ccccc12)c1ccccc1. The molecule has 0 aliphatic rings. The number of nitrogens with zero attached hydrogens (tertiary/aromatic N) is 4. The number of amides is 1. The van der Waals surface area contributed by atoms with E-state index in [1.807, 2.05) is 72.8 Å². The molecule has 34 heavy (non-hydrogen) atoms. The van der Waals surface area contributed by atoms with Crippen LogP contribution in [-0.2, 0) is 4.79 Å². The Morgan fingerprint density at radius 3 is 2.62 bits per heavy atom. The van der Waals surface area contributed by atoms with Gasteiger partial charge in [-0.15, -0.1) is 6.58 Å². The second-order valence-corrected chi connectivity index (χ2v) is 8.53. The van der Waals surface area contributed by atoms with E-state index in [1.165, 1.54) is 18.0 Å². The normalized spacial score (nSPS) is 11.1. The molecule has 168 valence electrons. The molecule has 3 aromatic carbocycles. The third kappa shape index (κ3) is 3.99. The van der Waals surface area contributed by atoms with E-state index in [9.17, 15) is 9.59 Å². The van der Waals surface area contributed by atoms with Crippen molar-refractivity contribution in [3.8, 4) is 5.69 Å². The lowest BCUT2D eigenvalue weighted by atomic mass is 10.1. The highest BCUT2D eigenvalue weighted by atomic mass is 32.2. The minimum atomic E-state index is -0.240. The number of hydrogen-bond acceptors (Lipinski definition) is 5. The van der Waals surface area contributed by atoms with E-state index in [0.717, 1.165) is 16.5 Å². The molecule has 1 amide bonds. The highest BCUT2D eigenvalue weighted by molar-refractivity contribution is 7.99. The maximum atomic E-state index is 13.5. The van der Waals surface area contributed by atoms with Gasteiger partial charge < -0.3 is 4.90 Å². The number of aromatic amines is 1. The third-order valence-electron chi connectivity index (χ3n) is 5.46. The number of carbonyl (C=O) groups excluding carboxylic acids is 1. The molecule has 0 aliphatic carbocycles. The molecular weight excluding hydrogens is 446 g/mol. The number of para-hydroxylation sites is 1. The van der Waals surface area contributed by atoms with Crippen LogP contribution in [0.25, 0.3) is 27.5 Å². The van der Waals surface area contributed by atoms with Crippen molar-refractivity contribution in [1.29, 1.82) is 0 Å². The zero-order valence-electron chi connectivity index (χ0n) is 18.2. The lowest BCUT2D eigenvalue weighted by Gasteiger charge is -2.21. The van der Waals surface area contributed by atoms with Gasteiger partial charge in [-0.2, -0.15) is 5.10 Å². The minimum Gasteiger partial charge on any atom is -0.308 e. The second-order valence-electron chi connectivity index (χ2n) is 7.58. The summed E-state index contributed by atoms with van der Waals surface area (Å²) in [5.41, 5.74) is 1.65. The third-order valence-corrected chi connectivity index (χ3v) is 6.39. The number of thioether (sulfide) groups is 1. The zero-order chi connectivity index (χ0) is 23.5. The molecule has 2 aromatic heterocycles. The van der Waals surface area contributed by atoms with Gasteiger partial charge in [0, 0.05) is 17.6 Å². The van der Waals surface area contributed by atoms with Crippen molar-refractivity contribution >= 4 is 45.2 Å². The Hall–Kier alpha value is -4.17. The maximum absolute atomic E-state index is 13.5. The van der Waals surface area contributed by atoms with Crippen LogP contribution in [0.3, 0.4) is 0 Å². The first-order valence-electron chi connectivity index (χ1n) is 10.7. The zero-order valence-corrected chi connectivity index (χ0v) is 19.0. The molecule has 0 unspecified atom stereocenters. The first-order valence-corrected chi connectivity index (χ1v) is 11.7. The van der Waals surface area contributed by atoms with Gasteiger partial charge in [0.05, 0.1) is 17.6 Å². The molecule has 7 nitrogen and oxygen atoms in total. The summed E-state index contributed by atoms with van der Waals surface area (Å²) >= 11 is 1.22. The van der Waals surface area contributed by atoms with E-state index < -0.39 is 0 Å². The predicted octanol–water partition coefficient (Wildman–Crippen LogP) is 4.57. The number of fused-ring (bicyclic) bond motifs is 2. The van der Waals surface area contributed by atoms with E-state index >= 15 is 0 Å². The summed E-state index contributed by atoms with van der Waals surface area (Å²) in [4.78, 5) is 33.0. The van der Waals surface area contributed by atoms with Crippen LogP contribution in [0.15, 0.2) is 102 Å². The van der Waals surface area contributed by atoms with Crippen molar-refractivity contribution < 1.29 is 4.79 Å². The fourth-order valence-corrected chi connectivity index (χ4v) is 4.75. The van der Waals surface area contributed by atoms with Gasteiger partial charge in [0.15, 0.2) is 10.8 Å². The molecule has 0 aliphatic heterocycles. The molecule has 0 atom stereocenters. The number of anilines is 1. The van der Waals surface area contributed by atoms with Gasteiger partial charge in [-0.25, -0.2) is 4.98 Å². The Bertz CT molecular complexity index is 1550. The summed E-state index contributed by atoms with van der Waals surface area (Å²) in [5.74, 6) is -0.0147. The molecule has 0 radical (unpaired) electrons. The van der Waals surface area contributed by atoms with Crippen LogP contribution in [0.2, 0.25) is 0 Å². The molecule has 0 fully saturated rings. The molecule has 5 rings (SSSR count). The van der Waals surface area contributed by atoms with E-state index in [4.69, 9.17) is 0 Å². The summed E-state index contributed by atoms with van der Waals surface area (Å²) in [6.07, 6.45) is 3.17. The van der Waals surface area contributed by atoms with Crippen molar-refractivity contribution in [3.63, 3.8) is 0 Å². The quantitative estimate of drug-likeness (QED) is 0.215. The molecule has 5 aromatic rings. The minimum absolute atomic E-state index is 0.0968. The number of benzene rings is 3. The Morgan fingerprint density at radius 2 is 1.79 bits per heavy atom. The summed E-state index contributed by atoms with van der Waals surface area (Å²) in [5, 5.41) is 9.50. The van der Waals surface area contributed by atoms with Crippen LogP contribution in [0.4, 0.5) is 5.69 Å². The van der Waals surface area contributed by atoms with E-state index in [2.05, 4.69) is 21.8 Å². The highest BCUT2D eigenvalue weighted by Gasteiger charge is 2.20. The van der Waals surface area contributed by atoms with Crippen LogP contribution in [-0.4, -0.2) is 38.0 Å². The van der Waals surface area contributed by atoms with Crippen LogP contribution in [0.1, 0.15) is 0 Å². The van der Waals surface area contributed by atoms with E-state index in [0.29, 0.717) is 28.4 Å². The van der Waals surface area contributed by atoms with Gasteiger partial charge in [-0.1, -0.05) is 72.4 Å². The summed E-state index contributed by atoms with van der Waals surface area (Å²) < 4.78 is 1.57. The second kappa shape index (κ2) is 9.36. The first kappa shape index (κ1) is 21.7. The van der Waals surface area contributed by atoms with E-state index in [-0.39, 0.29) is 17.2 Å². The Morgan fingerprint density at radius 1 is 1.03 bits per heavy atom. The monoisotopic (exact) mass is 467 g/mol. The van der Waals surface area contributed by atoms with Crippen LogP contribution >= 0.6 is 11.8 Å². The number of H-pyrrole nitrogens is 1. The summed E-state index contributed by atoms with van der Waals surface area (Å²) in [6.45, 7) is 4.16. The van der Waals surface area contributed by atoms with Gasteiger partial charge in [-0.05, 0) is 23.6 Å². The Kier molecular flexibility index (Phi) is 5.97. The summed E-state index contributed by atoms with van der Waals surface area (Å²) in [6, 6.07) is 23.1. The topological polar surface area (TPSA) is 83.9 Å². The molecule has 0 saturated heterocycles. The Balaban J connectivity index is 1.57. The predicted molar refractivity (Wildman–Crippen MR) is 137 cm³/mol. The largest absolute Gasteiger partial charge is 0.308 e. The molecular formula is C26H21N5O2S. The van der Waals surface area contributed by atoms with E-state index in [1.54, 1.807) is 15.5 Å². The number of aromatic nitrogens is 4. The van der Waals surface area contributed by atoms with Crippen molar-refractivity contribution in [2.45, 2.75) is 5.16 Å². The first-order chi connectivity index (χ1) is 16.7. The average molecular weight is 468 g/mol. The smallest absolute Gasteiger partial charge is 0.269 e. The van der Waals surface area contributed by atoms with Crippen molar-refractivity contribution in [2.24, 2.45) is 0 Å². The maximum Gasteiger partial charge on any atom is 0.269 e. The molecule has 8 heteroatoms. The number of carbonyl (C=O) groups is 1. The molecule has 1 N–H and O–H groups in total. The van der Waals surface area contributed by atoms with Crippen molar-refractivity contribution in [3.05, 3.63) is 102 Å². The summed E-state index contributed by atoms with van der Waals surface area (Å²) in [7, 11) is 0. The lowest BCUT2D eigenvalue weighted by molar-refractivity contribution is -0.116. The van der Waals surface area contributed by atoms with Gasteiger partial charge in [0.25, 0.3) is 5.56 Å². The molecule has 0 bridgehead atoms. The lowest BCUT2D eigenvalue weighted by Crippen LogP contribution is -2.32. The molecule has 0 saturated carbocycles. The van der Waals surface area contributed by atoms with Crippen molar-refractivity contribution in [1.82, 2.24) is 19.7 Å². The van der Waals surface area contributed by atoms with Gasteiger partial charge >= 0.3 is 0 Å². The fourth-order valence-electron chi connectivity index (χ4n) is 3.88. The van der Waals surface area contributed by atoms with Crippen molar-refractivity contribution in [2.75, 3.05) is 17.2 Å². The van der Waals surface area contributed by atoms with Crippen LogP contribution < -0.4 is 10.5 Å². The number of rotatable bonds is 7. The number of hydrogen-bond donors (Lipinski definition) is 1. The fraction of sp³-hybridized carbons (Fsp3) is 0.0769. The molecule has 0 spiro atoms. The number of nitrogens with one attached hydrogen (secondary N) is 1. The van der Waals surface area contributed by atoms with Gasteiger partial charge in [0.2, 0.25) is 5.91 Å².